The fraction of sp³-hybridized carbons (Fsp3) is 0.294. The molecule has 5 nitrogen and oxygen atoms in total. The SMILES string of the molecule is COc1cccnc1NC(=O)/C=C\c1ccc([C@@H]2C[C@@H]2C)o1. The smallest absolute Gasteiger partial charge is 0.249 e. The molecule has 1 amide bonds. The normalized spacial score (nSPS) is 20.1. The highest BCUT2D eigenvalue weighted by molar-refractivity contribution is 6.01. The zero-order chi connectivity index (χ0) is 15.5. The number of carbonyl (C=O) groups is 1. The lowest BCUT2D eigenvalue weighted by molar-refractivity contribution is -0.111. The minimum atomic E-state index is -0.283. The van der Waals surface area contributed by atoms with E-state index in [1.165, 1.54) is 19.6 Å². The van der Waals surface area contributed by atoms with Gasteiger partial charge in [0.05, 0.1) is 7.11 Å². The van der Waals surface area contributed by atoms with Gasteiger partial charge in [0.15, 0.2) is 11.6 Å². The molecule has 1 saturated carbocycles. The van der Waals surface area contributed by atoms with E-state index >= 15 is 0 Å². The number of anilines is 1. The van der Waals surface area contributed by atoms with Gasteiger partial charge < -0.3 is 14.5 Å². The van der Waals surface area contributed by atoms with Gasteiger partial charge in [0, 0.05) is 18.2 Å². The van der Waals surface area contributed by atoms with E-state index in [-0.39, 0.29) is 5.91 Å². The lowest BCUT2D eigenvalue weighted by Crippen LogP contribution is -2.10. The summed E-state index contributed by atoms with van der Waals surface area (Å²) in [6.45, 7) is 2.20. The average Bonchev–Trinajstić information content (AvgIpc) is 3.07. The molecule has 1 aliphatic carbocycles. The van der Waals surface area contributed by atoms with E-state index < -0.39 is 0 Å². The zero-order valence-corrected chi connectivity index (χ0v) is 12.6. The van der Waals surface area contributed by atoms with E-state index in [1.54, 1.807) is 24.4 Å². The maximum absolute atomic E-state index is 11.9. The van der Waals surface area contributed by atoms with Crippen LogP contribution in [-0.4, -0.2) is 18.0 Å². The van der Waals surface area contributed by atoms with Crippen LogP contribution in [0.5, 0.6) is 5.75 Å². The molecule has 0 aromatic carbocycles. The minimum Gasteiger partial charge on any atom is -0.493 e. The molecular formula is C17H18N2O3. The molecule has 0 saturated heterocycles. The summed E-state index contributed by atoms with van der Waals surface area (Å²) in [5.74, 6) is 3.54. The molecule has 0 spiro atoms. The van der Waals surface area contributed by atoms with Gasteiger partial charge in [-0.3, -0.25) is 4.79 Å². The molecule has 1 fully saturated rings. The molecule has 1 N–H and O–H groups in total. The fourth-order valence-corrected chi connectivity index (χ4v) is 2.34. The highest BCUT2D eigenvalue weighted by Crippen LogP contribution is 2.47. The van der Waals surface area contributed by atoms with E-state index in [2.05, 4.69) is 17.2 Å². The third-order valence-corrected chi connectivity index (χ3v) is 3.75. The molecule has 114 valence electrons. The number of nitrogens with one attached hydrogen (secondary N) is 1. The highest BCUT2D eigenvalue weighted by Gasteiger charge is 2.36. The van der Waals surface area contributed by atoms with Gasteiger partial charge in [0.1, 0.15) is 11.5 Å². The van der Waals surface area contributed by atoms with Crippen molar-refractivity contribution < 1.29 is 13.9 Å². The molecular weight excluding hydrogens is 280 g/mol. The molecule has 2 aromatic heterocycles. The van der Waals surface area contributed by atoms with E-state index in [0.29, 0.717) is 29.2 Å². The van der Waals surface area contributed by atoms with Crippen molar-refractivity contribution in [1.29, 1.82) is 0 Å². The molecule has 1 aliphatic rings. The molecule has 5 heteroatoms. The van der Waals surface area contributed by atoms with Gasteiger partial charge in [-0.1, -0.05) is 6.92 Å². The van der Waals surface area contributed by atoms with Gasteiger partial charge in [-0.2, -0.15) is 0 Å². The third kappa shape index (κ3) is 3.19. The summed E-state index contributed by atoms with van der Waals surface area (Å²) in [7, 11) is 1.53. The monoisotopic (exact) mass is 298 g/mol. The first-order valence-electron chi connectivity index (χ1n) is 7.25. The Morgan fingerprint density at radius 3 is 3.00 bits per heavy atom. The van der Waals surface area contributed by atoms with E-state index in [9.17, 15) is 4.79 Å². The molecule has 2 heterocycles. The third-order valence-electron chi connectivity index (χ3n) is 3.75. The van der Waals surface area contributed by atoms with Gasteiger partial charge in [0.25, 0.3) is 0 Å². The standard InChI is InChI=1S/C17H18N2O3/c1-11-10-13(11)14-7-5-12(22-14)6-8-16(20)19-17-15(21-2)4-3-9-18-17/h3-9,11,13H,10H2,1-2H3,(H,18,19,20)/b8-6-/t11-,13+/m0/s1. The molecule has 2 aromatic rings. The minimum absolute atomic E-state index is 0.283. The fourth-order valence-electron chi connectivity index (χ4n) is 2.34. The van der Waals surface area contributed by atoms with E-state index in [1.807, 2.05) is 12.1 Å². The van der Waals surface area contributed by atoms with E-state index in [0.717, 1.165) is 5.76 Å². The second-order valence-corrected chi connectivity index (χ2v) is 5.44. The van der Waals surface area contributed by atoms with Crippen molar-refractivity contribution in [2.45, 2.75) is 19.3 Å². The topological polar surface area (TPSA) is 64.4 Å². The number of carbonyl (C=O) groups excluding carboxylic acids is 1. The van der Waals surface area contributed by atoms with Gasteiger partial charge in [-0.25, -0.2) is 4.98 Å². The Balaban J connectivity index is 1.62. The van der Waals surface area contributed by atoms with Crippen molar-refractivity contribution >= 4 is 17.8 Å². The van der Waals surface area contributed by atoms with Crippen molar-refractivity contribution in [3.05, 3.63) is 48.1 Å². The second kappa shape index (κ2) is 6.05. The number of pyridine rings is 1. The molecule has 2 atom stereocenters. The lowest BCUT2D eigenvalue weighted by atomic mass is 10.3. The number of hydrogen-bond donors (Lipinski definition) is 1. The second-order valence-electron chi connectivity index (χ2n) is 5.44. The molecule has 0 radical (unpaired) electrons. The molecule has 0 aliphatic heterocycles. The van der Waals surface area contributed by atoms with Crippen LogP contribution >= 0.6 is 0 Å². The van der Waals surface area contributed by atoms with Crippen LogP contribution in [0, 0.1) is 5.92 Å². The Morgan fingerprint density at radius 2 is 2.27 bits per heavy atom. The molecule has 3 rings (SSSR count). The number of amides is 1. The van der Waals surface area contributed by atoms with Crippen LogP contribution in [0.15, 0.2) is 41.0 Å². The van der Waals surface area contributed by atoms with Gasteiger partial charge in [0.2, 0.25) is 5.91 Å². The number of nitrogens with zero attached hydrogens (tertiary/aromatic N) is 1. The summed E-state index contributed by atoms with van der Waals surface area (Å²) in [5, 5.41) is 2.68. The van der Waals surface area contributed by atoms with Crippen LogP contribution in [0.1, 0.15) is 30.8 Å². The first-order chi connectivity index (χ1) is 10.7. The number of rotatable bonds is 5. The molecule has 0 unspecified atom stereocenters. The Kier molecular flexibility index (Phi) is 3.96. The van der Waals surface area contributed by atoms with Crippen LogP contribution in [0.3, 0.4) is 0 Å². The van der Waals surface area contributed by atoms with Crippen molar-refractivity contribution in [1.82, 2.24) is 4.98 Å². The van der Waals surface area contributed by atoms with E-state index in [4.69, 9.17) is 9.15 Å². The predicted octanol–water partition coefficient (Wildman–Crippen LogP) is 3.46. The van der Waals surface area contributed by atoms with Gasteiger partial charge >= 0.3 is 0 Å². The molecule has 22 heavy (non-hydrogen) atoms. The lowest BCUT2D eigenvalue weighted by Gasteiger charge is -2.06. The molecule has 0 bridgehead atoms. The van der Waals surface area contributed by atoms with Crippen molar-refractivity contribution in [3.8, 4) is 5.75 Å². The maximum Gasteiger partial charge on any atom is 0.249 e. The van der Waals surface area contributed by atoms with Crippen molar-refractivity contribution in [2.75, 3.05) is 12.4 Å². The highest BCUT2D eigenvalue weighted by atomic mass is 16.5. The predicted molar refractivity (Wildman–Crippen MR) is 83.7 cm³/mol. The number of aromatic nitrogens is 1. The van der Waals surface area contributed by atoms with Crippen LogP contribution < -0.4 is 10.1 Å². The summed E-state index contributed by atoms with van der Waals surface area (Å²) in [4.78, 5) is 16.0. The largest absolute Gasteiger partial charge is 0.493 e. The maximum atomic E-state index is 11.9. The van der Waals surface area contributed by atoms with Crippen LogP contribution in [0.2, 0.25) is 0 Å². The first kappa shape index (κ1) is 14.4. The number of furan rings is 1. The summed E-state index contributed by atoms with van der Waals surface area (Å²) < 4.78 is 10.9. The zero-order valence-electron chi connectivity index (χ0n) is 12.6. The number of methoxy groups -OCH3 is 1. The van der Waals surface area contributed by atoms with Gasteiger partial charge in [-0.05, 0) is 42.7 Å². The van der Waals surface area contributed by atoms with Gasteiger partial charge in [-0.15, -0.1) is 0 Å². The van der Waals surface area contributed by atoms with Crippen LogP contribution in [-0.2, 0) is 4.79 Å². The average molecular weight is 298 g/mol. The van der Waals surface area contributed by atoms with Crippen LogP contribution in [0.25, 0.3) is 6.08 Å². The summed E-state index contributed by atoms with van der Waals surface area (Å²) in [6.07, 6.45) is 5.85. The number of hydrogen-bond acceptors (Lipinski definition) is 4. The Bertz CT molecular complexity index is 705. The summed E-state index contributed by atoms with van der Waals surface area (Å²) in [5.41, 5.74) is 0. The Morgan fingerprint density at radius 1 is 1.45 bits per heavy atom. The summed E-state index contributed by atoms with van der Waals surface area (Å²) in [6, 6.07) is 7.34. The quantitative estimate of drug-likeness (QED) is 0.859. The van der Waals surface area contributed by atoms with Crippen LogP contribution in [0.4, 0.5) is 5.82 Å². The number of ether oxygens (including phenoxy) is 1. The Hall–Kier alpha value is -2.56. The first-order valence-corrected chi connectivity index (χ1v) is 7.25. The van der Waals surface area contributed by atoms with Crippen molar-refractivity contribution in [3.63, 3.8) is 0 Å². The summed E-state index contributed by atoms with van der Waals surface area (Å²) >= 11 is 0. The Labute approximate surface area is 129 Å². The van der Waals surface area contributed by atoms with Crippen molar-refractivity contribution in [2.24, 2.45) is 5.92 Å².